The first kappa shape index (κ1) is 24.0. The van der Waals surface area contributed by atoms with Crippen molar-refractivity contribution in [3.8, 4) is 28.3 Å². The maximum atomic E-state index is 14.4. The predicted molar refractivity (Wildman–Crippen MR) is 113 cm³/mol. The standard InChI is InChI=1S/C22H13ClF4N4O4/c1-10(32)29-14-7-2-3-8-15(14)31-20(22(25,26)27)11(9-28-31)19-17(21(33)34)18(30-35-19)16-12(23)5-4-6-13(16)24/h2-9H,1H3,(H,29,32)(H,33,34)/p-1. The number of rotatable bonds is 5. The predicted octanol–water partition coefficient (Wildman–Crippen LogP) is 4.33. The van der Waals surface area contributed by atoms with Crippen LogP contribution in [0.4, 0.5) is 23.2 Å². The van der Waals surface area contributed by atoms with Gasteiger partial charge in [-0.2, -0.15) is 18.3 Å². The molecule has 0 aliphatic rings. The minimum Gasteiger partial charge on any atom is -0.545 e. The van der Waals surface area contributed by atoms with Crippen molar-refractivity contribution in [1.29, 1.82) is 0 Å². The Bertz CT molecular complexity index is 1440. The molecule has 0 unspecified atom stereocenters. The smallest absolute Gasteiger partial charge is 0.434 e. The fraction of sp³-hybridized carbons (Fsp3) is 0.0909. The van der Waals surface area contributed by atoms with Crippen LogP contribution in [0.25, 0.3) is 28.3 Å². The Morgan fingerprint density at radius 1 is 1.14 bits per heavy atom. The summed E-state index contributed by atoms with van der Waals surface area (Å²) in [6.07, 6.45) is -4.37. The summed E-state index contributed by atoms with van der Waals surface area (Å²) < 4.78 is 62.6. The zero-order valence-corrected chi connectivity index (χ0v) is 18.2. The second-order valence-corrected chi connectivity index (χ2v) is 7.54. The lowest BCUT2D eigenvalue weighted by atomic mass is 10.0. The second kappa shape index (κ2) is 8.87. The Morgan fingerprint density at radius 3 is 2.49 bits per heavy atom. The molecule has 0 saturated heterocycles. The Labute approximate surface area is 198 Å². The average Bonchev–Trinajstić information content (AvgIpc) is 3.38. The highest BCUT2D eigenvalue weighted by atomic mass is 35.5. The Morgan fingerprint density at radius 2 is 1.86 bits per heavy atom. The first-order valence-electron chi connectivity index (χ1n) is 9.68. The number of nitrogens with one attached hydrogen (secondary N) is 1. The summed E-state index contributed by atoms with van der Waals surface area (Å²) in [5.74, 6) is -4.36. The summed E-state index contributed by atoms with van der Waals surface area (Å²) in [6, 6.07) is 8.99. The topological polar surface area (TPSA) is 113 Å². The number of carbonyl (C=O) groups is 2. The molecule has 0 atom stereocenters. The van der Waals surface area contributed by atoms with E-state index in [0.717, 1.165) is 6.07 Å². The van der Waals surface area contributed by atoms with Crippen molar-refractivity contribution < 1.29 is 36.8 Å². The number of halogens is 5. The highest BCUT2D eigenvalue weighted by Crippen LogP contribution is 2.43. The zero-order chi connectivity index (χ0) is 25.5. The van der Waals surface area contributed by atoms with Crippen LogP contribution in [0.15, 0.2) is 53.2 Å². The van der Waals surface area contributed by atoms with Crippen molar-refractivity contribution in [2.45, 2.75) is 13.1 Å². The van der Waals surface area contributed by atoms with Crippen molar-refractivity contribution in [2.75, 3.05) is 5.32 Å². The summed E-state index contributed by atoms with van der Waals surface area (Å²) in [6.45, 7) is 1.17. The summed E-state index contributed by atoms with van der Waals surface area (Å²) in [5, 5.41) is 21.4. The molecular weight excluding hydrogens is 496 g/mol. The van der Waals surface area contributed by atoms with Gasteiger partial charge in [0.05, 0.1) is 45.3 Å². The van der Waals surface area contributed by atoms with E-state index in [1.807, 2.05) is 0 Å². The third-order valence-corrected chi connectivity index (χ3v) is 5.14. The van der Waals surface area contributed by atoms with Crippen LogP contribution in [0.1, 0.15) is 23.0 Å². The largest absolute Gasteiger partial charge is 0.545 e. The van der Waals surface area contributed by atoms with Gasteiger partial charge in [-0.1, -0.05) is 35.0 Å². The summed E-state index contributed by atoms with van der Waals surface area (Å²) in [5.41, 5.74) is -4.47. The molecule has 0 aliphatic heterocycles. The van der Waals surface area contributed by atoms with Crippen LogP contribution in [-0.2, 0) is 11.0 Å². The van der Waals surface area contributed by atoms with Crippen LogP contribution in [0.2, 0.25) is 5.02 Å². The summed E-state index contributed by atoms with van der Waals surface area (Å²) in [4.78, 5) is 23.5. The SMILES string of the molecule is CC(=O)Nc1ccccc1-n1ncc(-c2onc(-c3c(F)cccc3Cl)c2C(=O)[O-])c1C(F)(F)F. The first-order chi connectivity index (χ1) is 16.5. The number of hydrogen-bond donors (Lipinski definition) is 1. The van der Waals surface area contributed by atoms with Gasteiger partial charge in [0, 0.05) is 6.92 Å². The van der Waals surface area contributed by atoms with Gasteiger partial charge in [0.1, 0.15) is 11.5 Å². The van der Waals surface area contributed by atoms with Crippen molar-refractivity contribution in [2.24, 2.45) is 0 Å². The molecule has 4 aromatic rings. The summed E-state index contributed by atoms with van der Waals surface area (Å²) in [7, 11) is 0. The number of para-hydroxylation sites is 2. The van der Waals surface area contributed by atoms with E-state index in [2.05, 4.69) is 15.6 Å². The van der Waals surface area contributed by atoms with E-state index in [1.165, 1.54) is 43.3 Å². The molecule has 0 aliphatic carbocycles. The molecule has 0 spiro atoms. The monoisotopic (exact) mass is 507 g/mol. The molecular formula is C22H12ClF4N4O4-. The van der Waals surface area contributed by atoms with Gasteiger partial charge in [-0.05, 0) is 24.3 Å². The number of amides is 1. The Kier molecular flexibility index (Phi) is 6.07. The van der Waals surface area contributed by atoms with Crippen molar-refractivity contribution in [3.05, 3.63) is 70.8 Å². The van der Waals surface area contributed by atoms with Crippen molar-refractivity contribution in [1.82, 2.24) is 14.9 Å². The number of alkyl halides is 3. The van der Waals surface area contributed by atoms with Gasteiger partial charge in [-0.3, -0.25) is 4.79 Å². The molecule has 0 fully saturated rings. The number of aromatic nitrogens is 3. The van der Waals surface area contributed by atoms with Gasteiger partial charge in [-0.15, -0.1) is 0 Å². The highest BCUT2D eigenvalue weighted by molar-refractivity contribution is 6.33. The highest BCUT2D eigenvalue weighted by Gasteiger charge is 2.41. The minimum absolute atomic E-state index is 0.0108. The molecule has 180 valence electrons. The van der Waals surface area contributed by atoms with Crippen LogP contribution < -0.4 is 10.4 Å². The minimum atomic E-state index is -5.08. The molecule has 0 radical (unpaired) electrons. The lowest BCUT2D eigenvalue weighted by Crippen LogP contribution is -2.23. The van der Waals surface area contributed by atoms with Gasteiger partial charge >= 0.3 is 6.18 Å². The van der Waals surface area contributed by atoms with Crippen LogP contribution in [-0.4, -0.2) is 26.8 Å². The van der Waals surface area contributed by atoms with E-state index in [-0.39, 0.29) is 16.4 Å². The molecule has 2 aromatic heterocycles. The first-order valence-corrected chi connectivity index (χ1v) is 10.1. The number of anilines is 1. The number of nitrogens with zero attached hydrogens (tertiary/aromatic N) is 3. The van der Waals surface area contributed by atoms with E-state index in [4.69, 9.17) is 16.1 Å². The van der Waals surface area contributed by atoms with Crippen LogP contribution >= 0.6 is 11.6 Å². The van der Waals surface area contributed by atoms with E-state index in [9.17, 15) is 32.3 Å². The number of hydrogen-bond acceptors (Lipinski definition) is 6. The average molecular weight is 508 g/mol. The van der Waals surface area contributed by atoms with Crippen molar-refractivity contribution in [3.63, 3.8) is 0 Å². The molecule has 1 amide bonds. The van der Waals surface area contributed by atoms with Crippen LogP contribution in [0.5, 0.6) is 0 Å². The molecule has 0 bridgehead atoms. The molecule has 1 N–H and O–H groups in total. The van der Waals surface area contributed by atoms with E-state index in [1.54, 1.807) is 0 Å². The molecule has 13 heteroatoms. The molecule has 4 rings (SSSR count). The lowest BCUT2D eigenvalue weighted by molar-refractivity contribution is -0.254. The Hall–Kier alpha value is -4.19. The quantitative estimate of drug-likeness (QED) is 0.402. The fourth-order valence-electron chi connectivity index (χ4n) is 3.48. The van der Waals surface area contributed by atoms with Gasteiger partial charge in [0.15, 0.2) is 11.5 Å². The van der Waals surface area contributed by atoms with Gasteiger partial charge in [0.2, 0.25) is 5.91 Å². The van der Waals surface area contributed by atoms with E-state index < -0.39 is 57.7 Å². The third kappa shape index (κ3) is 4.35. The van der Waals surface area contributed by atoms with Crippen LogP contribution in [0.3, 0.4) is 0 Å². The number of carbonyl (C=O) groups excluding carboxylic acids is 2. The third-order valence-electron chi connectivity index (χ3n) is 4.82. The molecule has 2 heterocycles. The number of carboxylic acid groups (broad SMARTS) is 1. The number of carboxylic acids is 1. The maximum Gasteiger partial charge on any atom is 0.434 e. The van der Waals surface area contributed by atoms with E-state index >= 15 is 0 Å². The molecule has 35 heavy (non-hydrogen) atoms. The second-order valence-electron chi connectivity index (χ2n) is 7.13. The molecule has 0 saturated carbocycles. The molecule has 8 nitrogen and oxygen atoms in total. The fourth-order valence-corrected chi connectivity index (χ4v) is 3.73. The van der Waals surface area contributed by atoms with E-state index in [0.29, 0.717) is 10.9 Å². The Balaban J connectivity index is 1.99. The lowest BCUT2D eigenvalue weighted by Gasteiger charge is -2.15. The van der Waals surface area contributed by atoms with Gasteiger partial charge < -0.3 is 19.7 Å². The summed E-state index contributed by atoms with van der Waals surface area (Å²) >= 11 is 5.98. The van der Waals surface area contributed by atoms with Gasteiger partial charge in [0.25, 0.3) is 0 Å². The normalized spacial score (nSPS) is 11.5. The zero-order valence-electron chi connectivity index (χ0n) is 17.5. The molecule has 2 aromatic carbocycles. The number of aromatic carboxylic acids is 1. The maximum absolute atomic E-state index is 14.4. The van der Waals surface area contributed by atoms with Gasteiger partial charge in [-0.25, -0.2) is 9.07 Å². The van der Waals surface area contributed by atoms with Crippen molar-refractivity contribution >= 4 is 29.2 Å². The number of benzene rings is 2. The van der Waals surface area contributed by atoms with Crippen LogP contribution in [0, 0.1) is 5.82 Å².